The lowest BCUT2D eigenvalue weighted by atomic mass is 9.96. The van der Waals surface area contributed by atoms with Crippen molar-refractivity contribution >= 4 is 5.97 Å². The second-order valence-electron chi connectivity index (χ2n) is 5.44. The minimum Gasteiger partial charge on any atom is -0.465 e. The van der Waals surface area contributed by atoms with Crippen molar-refractivity contribution in [3.8, 4) is 0 Å². The molecular formula is C15H29NO2. The first kappa shape index (κ1) is 15.5. The van der Waals surface area contributed by atoms with Crippen molar-refractivity contribution in [2.75, 3.05) is 26.2 Å². The highest BCUT2D eigenvalue weighted by Crippen LogP contribution is 2.21. The van der Waals surface area contributed by atoms with Gasteiger partial charge in [-0.25, -0.2) is 0 Å². The van der Waals surface area contributed by atoms with Crippen LogP contribution >= 0.6 is 0 Å². The molecule has 1 heterocycles. The van der Waals surface area contributed by atoms with Gasteiger partial charge >= 0.3 is 5.97 Å². The molecule has 18 heavy (non-hydrogen) atoms. The molecule has 0 spiro atoms. The molecule has 0 aromatic rings. The average molecular weight is 255 g/mol. The van der Waals surface area contributed by atoms with Crippen LogP contribution in [0.2, 0.25) is 0 Å². The molecule has 0 aromatic carbocycles. The smallest absolute Gasteiger partial charge is 0.320 e. The third-order valence-electron chi connectivity index (χ3n) is 3.75. The molecule has 1 aliphatic heterocycles. The Balaban J connectivity index is 2.20. The predicted molar refractivity (Wildman–Crippen MR) is 74.6 cm³/mol. The summed E-state index contributed by atoms with van der Waals surface area (Å²) < 4.78 is 5.22. The standard InChI is InChI=1S/C15H29NO2/c1-3-5-12-18-15(17)13-16-10-6-8-14(7-4-2)9-11-16/h14H,3-13H2,1-2H3. The van der Waals surface area contributed by atoms with Gasteiger partial charge in [0.2, 0.25) is 0 Å². The molecule has 1 unspecified atom stereocenters. The van der Waals surface area contributed by atoms with Crippen molar-refractivity contribution in [3.05, 3.63) is 0 Å². The summed E-state index contributed by atoms with van der Waals surface area (Å²) in [4.78, 5) is 13.9. The van der Waals surface area contributed by atoms with E-state index in [1.807, 2.05) is 0 Å². The summed E-state index contributed by atoms with van der Waals surface area (Å²) in [6, 6.07) is 0. The molecule has 0 saturated carbocycles. The van der Waals surface area contributed by atoms with Crippen LogP contribution in [0, 0.1) is 5.92 Å². The molecule has 0 N–H and O–H groups in total. The van der Waals surface area contributed by atoms with E-state index >= 15 is 0 Å². The average Bonchev–Trinajstić information content (AvgIpc) is 2.56. The Labute approximate surface area is 112 Å². The fourth-order valence-electron chi connectivity index (χ4n) is 2.64. The lowest BCUT2D eigenvalue weighted by molar-refractivity contribution is -0.145. The Bertz CT molecular complexity index is 231. The first-order chi connectivity index (χ1) is 8.76. The summed E-state index contributed by atoms with van der Waals surface area (Å²) in [6.07, 6.45) is 8.48. The van der Waals surface area contributed by atoms with E-state index in [1.165, 1.54) is 32.1 Å². The second kappa shape index (κ2) is 9.37. The van der Waals surface area contributed by atoms with E-state index in [2.05, 4.69) is 18.7 Å². The van der Waals surface area contributed by atoms with Crippen LogP contribution in [-0.4, -0.2) is 37.1 Å². The minimum absolute atomic E-state index is 0.0441. The van der Waals surface area contributed by atoms with Gasteiger partial charge in [-0.1, -0.05) is 33.1 Å². The van der Waals surface area contributed by atoms with Crippen LogP contribution in [0.3, 0.4) is 0 Å². The number of carbonyl (C=O) groups is 1. The van der Waals surface area contributed by atoms with Gasteiger partial charge in [-0.15, -0.1) is 0 Å². The van der Waals surface area contributed by atoms with E-state index in [1.54, 1.807) is 0 Å². The maximum absolute atomic E-state index is 11.6. The number of carbonyl (C=O) groups excluding carboxylic acids is 1. The Morgan fingerprint density at radius 1 is 1.22 bits per heavy atom. The van der Waals surface area contributed by atoms with E-state index < -0.39 is 0 Å². The predicted octanol–water partition coefficient (Wildman–Crippen LogP) is 3.23. The quantitative estimate of drug-likeness (QED) is 0.517. The molecule has 1 fully saturated rings. The number of hydrogen-bond donors (Lipinski definition) is 0. The molecule has 3 heteroatoms. The molecule has 106 valence electrons. The van der Waals surface area contributed by atoms with Gasteiger partial charge in [-0.05, 0) is 44.7 Å². The molecule has 0 aliphatic carbocycles. The summed E-state index contributed by atoms with van der Waals surface area (Å²) in [6.45, 7) is 7.56. The zero-order valence-corrected chi connectivity index (χ0v) is 12.1. The van der Waals surface area contributed by atoms with Crippen molar-refractivity contribution in [2.24, 2.45) is 5.92 Å². The fraction of sp³-hybridized carbons (Fsp3) is 0.933. The van der Waals surface area contributed by atoms with Crippen LogP contribution in [0.1, 0.15) is 58.8 Å². The zero-order valence-electron chi connectivity index (χ0n) is 12.1. The van der Waals surface area contributed by atoms with Crippen molar-refractivity contribution in [1.29, 1.82) is 0 Å². The van der Waals surface area contributed by atoms with Gasteiger partial charge < -0.3 is 4.74 Å². The van der Waals surface area contributed by atoms with Crippen LogP contribution in [0.25, 0.3) is 0 Å². The van der Waals surface area contributed by atoms with Gasteiger partial charge in [-0.3, -0.25) is 9.69 Å². The largest absolute Gasteiger partial charge is 0.465 e. The highest BCUT2D eigenvalue weighted by Gasteiger charge is 2.18. The van der Waals surface area contributed by atoms with Crippen LogP contribution < -0.4 is 0 Å². The SMILES string of the molecule is CCCCOC(=O)CN1CCCC(CCC)CC1. The Morgan fingerprint density at radius 3 is 2.78 bits per heavy atom. The van der Waals surface area contributed by atoms with Gasteiger partial charge in [0, 0.05) is 0 Å². The summed E-state index contributed by atoms with van der Waals surface area (Å²) in [7, 11) is 0. The molecule has 1 saturated heterocycles. The van der Waals surface area contributed by atoms with Gasteiger partial charge in [0.1, 0.15) is 0 Å². The molecule has 3 nitrogen and oxygen atoms in total. The van der Waals surface area contributed by atoms with Crippen molar-refractivity contribution < 1.29 is 9.53 Å². The summed E-state index contributed by atoms with van der Waals surface area (Å²) in [5.41, 5.74) is 0. The molecule has 0 amide bonds. The van der Waals surface area contributed by atoms with Crippen molar-refractivity contribution in [2.45, 2.75) is 58.8 Å². The van der Waals surface area contributed by atoms with Crippen molar-refractivity contribution in [1.82, 2.24) is 4.90 Å². The fourth-order valence-corrected chi connectivity index (χ4v) is 2.64. The van der Waals surface area contributed by atoms with Crippen LogP contribution in [0.5, 0.6) is 0 Å². The first-order valence-corrected chi connectivity index (χ1v) is 7.64. The zero-order chi connectivity index (χ0) is 13.2. The Kier molecular flexibility index (Phi) is 8.06. The molecule has 0 bridgehead atoms. The van der Waals surface area contributed by atoms with Gasteiger partial charge in [0.05, 0.1) is 13.2 Å². The first-order valence-electron chi connectivity index (χ1n) is 7.64. The molecule has 1 aliphatic rings. The number of hydrogen-bond acceptors (Lipinski definition) is 3. The summed E-state index contributed by atoms with van der Waals surface area (Å²) in [5, 5.41) is 0. The Hall–Kier alpha value is -0.570. The number of rotatable bonds is 7. The highest BCUT2D eigenvalue weighted by molar-refractivity contribution is 5.71. The normalized spacial score (nSPS) is 21.6. The number of unbranched alkanes of at least 4 members (excludes halogenated alkanes) is 1. The lowest BCUT2D eigenvalue weighted by Gasteiger charge is -2.19. The monoisotopic (exact) mass is 255 g/mol. The molecular weight excluding hydrogens is 226 g/mol. The molecule has 0 aromatic heterocycles. The minimum atomic E-state index is -0.0441. The van der Waals surface area contributed by atoms with Gasteiger partial charge in [0.25, 0.3) is 0 Å². The summed E-state index contributed by atoms with van der Waals surface area (Å²) in [5.74, 6) is 0.827. The maximum atomic E-state index is 11.6. The molecule has 1 atom stereocenters. The van der Waals surface area contributed by atoms with Crippen molar-refractivity contribution in [3.63, 3.8) is 0 Å². The highest BCUT2D eigenvalue weighted by atomic mass is 16.5. The van der Waals surface area contributed by atoms with E-state index in [-0.39, 0.29) is 5.97 Å². The van der Waals surface area contributed by atoms with Gasteiger partial charge in [-0.2, -0.15) is 0 Å². The van der Waals surface area contributed by atoms with E-state index in [4.69, 9.17) is 4.74 Å². The molecule has 1 rings (SSSR count). The van der Waals surface area contributed by atoms with E-state index in [0.29, 0.717) is 13.2 Å². The number of likely N-dealkylation sites (tertiary alicyclic amines) is 1. The number of esters is 1. The van der Waals surface area contributed by atoms with Crippen LogP contribution in [0.15, 0.2) is 0 Å². The van der Waals surface area contributed by atoms with Gasteiger partial charge in [0.15, 0.2) is 0 Å². The van der Waals surface area contributed by atoms with E-state index in [0.717, 1.165) is 31.8 Å². The van der Waals surface area contributed by atoms with E-state index in [9.17, 15) is 4.79 Å². The number of ether oxygens (including phenoxy) is 1. The van der Waals surface area contributed by atoms with Crippen LogP contribution in [0.4, 0.5) is 0 Å². The third-order valence-corrected chi connectivity index (χ3v) is 3.75. The third kappa shape index (κ3) is 6.39. The second-order valence-corrected chi connectivity index (χ2v) is 5.44. The maximum Gasteiger partial charge on any atom is 0.320 e. The topological polar surface area (TPSA) is 29.5 Å². The number of nitrogens with zero attached hydrogens (tertiary/aromatic N) is 1. The Morgan fingerprint density at radius 2 is 2.06 bits per heavy atom. The van der Waals surface area contributed by atoms with Crippen LogP contribution in [-0.2, 0) is 9.53 Å². The summed E-state index contributed by atoms with van der Waals surface area (Å²) >= 11 is 0. The molecule has 0 radical (unpaired) electrons. The lowest BCUT2D eigenvalue weighted by Crippen LogP contribution is -2.32.